The molecular formula is C16H19NO3S2. The van der Waals surface area contributed by atoms with Gasteiger partial charge in [0.2, 0.25) is 0 Å². The minimum Gasteiger partial charge on any atom is -0.497 e. The molecule has 1 heterocycles. The van der Waals surface area contributed by atoms with E-state index in [2.05, 4.69) is 6.92 Å². The molecular weight excluding hydrogens is 318 g/mol. The molecule has 0 unspecified atom stereocenters. The van der Waals surface area contributed by atoms with Gasteiger partial charge in [0.15, 0.2) is 0 Å². The van der Waals surface area contributed by atoms with E-state index in [1.54, 1.807) is 25.2 Å². The Labute approximate surface area is 140 Å². The van der Waals surface area contributed by atoms with Crippen LogP contribution in [-0.2, 0) is 4.79 Å². The summed E-state index contributed by atoms with van der Waals surface area (Å²) in [6, 6.07) is 5.51. The number of rotatable bonds is 6. The van der Waals surface area contributed by atoms with Crippen LogP contribution in [-0.4, -0.2) is 35.9 Å². The van der Waals surface area contributed by atoms with Crippen molar-refractivity contribution < 1.29 is 14.3 Å². The Morgan fingerprint density at radius 3 is 2.73 bits per heavy atom. The molecule has 0 bridgehead atoms. The molecule has 0 aliphatic carbocycles. The highest BCUT2D eigenvalue weighted by molar-refractivity contribution is 8.26. The van der Waals surface area contributed by atoms with E-state index in [0.29, 0.717) is 27.3 Å². The summed E-state index contributed by atoms with van der Waals surface area (Å²) in [4.78, 5) is 14.7. The standard InChI is InChI=1S/C16H19NO3S2/c1-4-5-8-17-15(18)14(22-16(17)21)9-11-6-7-12(19-2)10-13(11)20-3/h6-7,9-10H,4-5,8H2,1-3H3/b14-9-. The van der Waals surface area contributed by atoms with Crippen molar-refractivity contribution in [1.82, 2.24) is 4.90 Å². The van der Waals surface area contributed by atoms with Crippen LogP contribution in [0.25, 0.3) is 6.08 Å². The molecule has 1 amide bonds. The molecule has 0 atom stereocenters. The van der Waals surface area contributed by atoms with Crippen LogP contribution >= 0.6 is 24.0 Å². The number of nitrogens with zero attached hydrogens (tertiary/aromatic N) is 1. The topological polar surface area (TPSA) is 38.8 Å². The van der Waals surface area contributed by atoms with Gasteiger partial charge >= 0.3 is 0 Å². The van der Waals surface area contributed by atoms with E-state index in [1.165, 1.54) is 11.8 Å². The van der Waals surface area contributed by atoms with Gasteiger partial charge in [-0.3, -0.25) is 9.69 Å². The number of thiocarbonyl (C=S) groups is 1. The van der Waals surface area contributed by atoms with Crippen LogP contribution in [0.1, 0.15) is 25.3 Å². The number of ether oxygens (including phenoxy) is 2. The average molecular weight is 337 g/mol. The number of carbonyl (C=O) groups excluding carboxylic acids is 1. The fraction of sp³-hybridized carbons (Fsp3) is 0.375. The van der Waals surface area contributed by atoms with Gasteiger partial charge in [0, 0.05) is 18.2 Å². The van der Waals surface area contributed by atoms with Crippen molar-refractivity contribution in [2.45, 2.75) is 19.8 Å². The Hall–Kier alpha value is -1.53. The van der Waals surface area contributed by atoms with Gasteiger partial charge in [-0.25, -0.2) is 0 Å². The first kappa shape index (κ1) is 16.8. The highest BCUT2D eigenvalue weighted by atomic mass is 32.2. The third-order valence-electron chi connectivity index (χ3n) is 3.34. The number of carbonyl (C=O) groups is 1. The molecule has 118 valence electrons. The molecule has 2 rings (SSSR count). The van der Waals surface area contributed by atoms with Gasteiger partial charge < -0.3 is 9.47 Å². The van der Waals surface area contributed by atoms with E-state index in [1.807, 2.05) is 18.2 Å². The maximum atomic E-state index is 12.4. The Bertz CT molecular complexity index is 613. The van der Waals surface area contributed by atoms with Crippen molar-refractivity contribution in [1.29, 1.82) is 0 Å². The van der Waals surface area contributed by atoms with Crippen LogP contribution < -0.4 is 9.47 Å². The monoisotopic (exact) mass is 337 g/mol. The summed E-state index contributed by atoms with van der Waals surface area (Å²) in [5, 5.41) is 0. The highest BCUT2D eigenvalue weighted by Crippen LogP contribution is 2.35. The second-order valence-electron chi connectivity index (χ2n) is 4.79. The molecule has 1 fully saturated rings. The molecule has 1 aliphatic rings. The first-order valence-corrected chi connectivity index (χ1v) is 8.30. The number of hydrogen-bond acceptors (Lipinski definition) is 5. The van der Waals surface area contributed by atoms with E-state index in [4.69, 9.17) is 21.7 Å². The second kappa shape index (κ2) is 7.65. The van der Waals surface area contributed by atoms with Crippen molar-refractivity contribution in [3.63, 3.8) is 0 Å². The average Bonchev–Trinajstić information content (AvgIpc) is 2.79. The zero-order valence-electron chi connectivity index (χ0n) is 12.9. The lowest BCUT2D eigenvalue weighted by Gasteiger charge is -2.13. The summed E-state index contributed by atoms with van der Waals surface area (Å²) in [7, 11) is 3.20. The Kier molecular flexibility index (Phi) is 5.85. The van der Waals surface area contributed by atoms with Crippen molar-refractivity contribution >= 4 is 40.3 Å². The normalized spacial score (nSPS) is 16.5. The minimum absolute atomic E-state index is 0.0266. The quantitative estimate of drug-likeness (QED) is 0.584. The zero-order chi connectivity index (χ0) is 16.1. The molecule has 22 heavy (non-hydrogen) atoms. The summed E-state index contributed by atoms with van der Waals surface area (Å²) < 4.78 is 11.2. The van der Waals surface area contributed by atoms with Gasteiger partial charge in [-0.2, -0.15) is 0 Å². The fourth-order valence-corrected chi connectivity index (χ4v) is 3.39. The molecule has 0 spiro atoms. The van der Waals surface area contributed by atoms with Crippen LogP contribution in [0.3, 0.4) is 0 Å². The fourth-order valence-electron chi connectivity index (χ4n) is 2.09. The van der Waals surface area contributed by atoms with Gasteiger partial charge in [0.1, 0.15) is 15.8 Å². The summed E-state index contributed by atoms with van der Waals surface area (Å²) in [5.41, 5.74) is 0.833. The third kappa shape index (κ3) is 3.62. The lowest BCUT2D eigenvalue weighted by atomic mass is 10.1. The molecule has 1 saturated heterocycles. The van der Waals surface area contributed by atoms with Crippen LogP contribution in [0, 0.1) is 0 Å². The zero-order valence-corrected chi connectivity index (χ0v) is 14.6. The van der Waals surface area contributed by atoms with Gasteiger partial charge in [-0.1, -0.05) is 37.3 Å². The Morgan fingerprint density at radius 2 is 2.09 bits per heavy atom. The van der Waals surface area contributed by atoms with E-state index >= 15 is 0 Å². The molecule has 4 nitrogen and oxygen atoms in total. The van der Waals surface area contributed by atoms with Crippen molar-refractivity contribution in [3.8, 4) is 11.5 Å². The number of thioether (sulfide) groups is 1. The van der Waals surface area contributed by atoms with Crippen LogP contribution in [0.15, 0.2) is 23.1 Å². The molecule has 1 aromatic carbocycles. The van der Waals surface area contributed by atoms with Gasteiger partial charge in [-0.05, 0) is 24.6 Å². The van der Waals surface area contributed by atoms with Crippen LogP contribution in [0.2, 0.25) is 0 Å². The van der Waals surface area contributed by atoms with Crippen LogP contribution in [0.4, 0.5) is 0 Å². The summed E-state index contributed by atoms with van der Waals surface area (Å²) in [6.45, 7) is 2.77. The third-order valence-corrected chi connectivity index (χ3v) is 4.71. The number of benzene rings is 1. The maximum Gasteiger partial charge on any atom is 0.266 e. The minimum atomic E-state index is -0.0266. The summed E-state index contributed by atoms with van der Waals surface area (Å²) in [5.74, 6) is 1.35. The number of methoxy groups -OCH3 is 2. The van der Waals surface area contributed by atoms with E-state index in [9.17, 15) is 4.79 Å². The maximum absolute atomic E-state index is 12.4. The summed E-state index contributed by atoms with van der Waals surface area (Å²) in [6.07, 6.45) is 3.80. The Balaban J connectivity index is 2.26. The molecule has 6 heteroatoms. The Morgan fingerprint density at radius 1 is 1.32 bits per heavy atom. The molecule has 0 aromatic heterocycles. The van der Waals surface area contributed by atoms with Gasteiger partial charge in [0.25, 0.3) is 5.91 Å². The molecule has 0 radical (unpaired) electrons. The second-order valence-corrected chi connectivity index (χ2v) is 6.47. The van der Waals surface area contributed by atoms with E-state index in [-0.39, 0.29) is 5.91 Å². The molecule has 0 saturated carbocycles. The predicted octanol–water partition coefficient (Wildman–Crippen LogP) is 3.71. The lowest BCUT2D eigenvalue weighted by molar-refractivity contribution is -0.122. The van der Waals surface area contributed by atoms with E-state index < -0.39 is 0 Å². The smallest absolute Gasteiger partial charge is 0.266 e. The number of unbranched alkanes of at least 4 members (excludes halogenated alkanes) is 1. The first-order chi connectivity index (χ1) is 10.6. The summed E-state index contributed by atoms with van der Waals surface area (Å²) >= 11 is 6.64. The van der Waals surface area contributed by atoms with Gasteiger partial charge in [-0.15, -0.1) is 0 Å². The van der Waals surface area contributed by atoms with Crippen molar-refractivity contribution in [2.24, 2.45) is 0 Å². The largest absolute Gasteiger partial charge is 0.497 e. The van der Waals surface area contributed by atoms with Crippen molar-refractivity contribution in [3.05, 3.63) is 28.7 Å². The molecule has 1 aromatic rings. The van der Waals surface area contributed by atoms with Crippen LogP contribution in [0.5, 0.6) is 11.5 Å². The molecule has 0 N–H and O–H groups in total. The van der Waals surface area contributed by atoms with Crippen molar-refractivity contribution in [2.75, 3.05) is 20.8 Å². The predicted molar refractivity (Wildman–Crippen MR) is 94.3 cm³/mol. The van der Waals surface area contributed by atoms with Gasteiger partial charge in [0.05, 0.1) is 19.1 Å². The van der Waals surface area contributed by atoms with E-state index in [0.717, 1.165) is 18.4 Å². The number of amides is 1. The number of hydrogen-bond donors (Lipinski definition) is 0. The first-order valence-electron chi connectivity index (χ1n) is 7.08. The lowest BCUT2D eigenvalue weighted by Crippen LogP contribution is -2.28. The molecule has 1 aliphatic heterocycles. The highest BCUT2D eigenvalue weighted by Gasteiger charge is 2.31. The SMILES string of the molecule is CCCCN1C(=O)/C(=C/c2ccc(OC)cc2OC)SC1=S.